The molecule has 0 spiro atoms. The Labute approximate surface area is 206 Å². The van der Waals surface area contributed by atoms with Gasteiger partial charge in [-0.3, -0.25) is 4.79 Å². The Morgan fingerprint density at radius 1 is 1.10 bits per heavy atom. The average Bonchev–Trinajstić information content (AvgIpc) is 2.72. The van der Waals surface area contributed by atoms with Gasteiger partial charge in [-0.05, 0) is 54.1 Å². The van der Waals surface area contributed by atoms with Crippen LogP contribution in [0.15, 0.2) is 47.5 Å². The average molecular weight is 559 g/mol. The van der Waals surface area contributed by atoms with E-state index < -0.39 is 0 Å². The predicted octanol–water partition coefficient (Wildman–Crippen LogP) is 5.16. The summed E-state index contributed by atoms with van der Waals surface area (Å²) < 4.78 is 13.5. The summed E-state index contributed by atoms with van der Waals surface area (Å²) in [6.45, 7) is 7.57. The third-order valence-corrected chi connectivity index (χ3v) is 5.02. The number of rotatable bonds is 9. The molecule has 0 aliphatic carbocycles. The van der Waals surface area contributed by atoms with E-state index in [-0.39, 0.29) is 41.6 Å². The van der Waals surface area contributed by atoms with Crippen LogP contribution in [0.4, 0.5) is 10.1 Å². The van der Waals surface area contributed by atoms with Gasteiger partial charge in [0.25, 0.3) is 0 Å². The molecule has 3 N–H and O–H groups in total. The summed E-state index contributed by atoms with van der Waals surface area (Å²) in [5.41, 5.74) is 3.87. The lowest BCUT2D eigenvalue weighted by Gasteiger charge is -2.14. The zero-order valence-corrected chi connectivity index (χ0v) is 21.6. The molecular formula is C23H32FIN4OS. The number of anilines is 1. The van der Waals surface area contributed by atoms with Crippen LogP contribution in [0.5, 0.6) is 0 Å². The van der Waals surface area contributed by atoms with E-state index in [4.69, 9.17) is 0 Å². The minimum absolute atomic E-state index is 0. The predicted molar refractivity (Wildman–Crippen MR) is 141 cm³/mol. The van der Waals surface area contributed by atoms with Gasteiger partial charge in [0, 0.05) is 30.4 Å². The van der Waals surface area contributed by atoms with Gasteiger partial charge in [0.1, 0.15) is 5.82 Å². The van der Waals surface area contributed by atoms with Crippen molar-refractivity contribution < 1.29 is 9.18 Å². The third kappa shape index (κ3) is 9.47. The van der Waals surface area contributed by atoms with Crippen molar-refractivity contribution in [3.8, 4) is 0 Å². The molecule has 0 fully saturated rings. The standard InChI is InChI=1S/C23H31FN4OS.HI/c1-5-25-23(27-14-18-8-9-20(24)12-19(18)15-30-4)26-13-17-6-10-21(11-7-17)28-22(29)16(2)3;/h6-12,16H,5,13-15H2,1-4H3,(H,28,29)(H2,25,26,27);1H. The number of thioether (sulfide) groups is 1. The highest BCUT2D eigenvalue weighted by molar-refractivity contribution is 14.0. The van der Waals surface area contributed by atoms with Crippen LogP contribution < -0.4 is 16.0 Å². The maximum absolute atomic E-state index is 13.5. The van der Waals surface area contributed by atoms with Crippen LogP contribution in [0, 0.1) is 11.7 Å². The van der Waals surface area contributed by atoms with Crippen molar-refractivity contribution in [2.45, 2.75) is 39.6 Å². The number of carbonyl (C=O) groups is 1. The lowest BCUT2D eigenvalue weighted by Crippen LogP contribution is -2.37. The minimum atomic E-state index is -0.212. The summed E-state index contributed by atoms with van der Waals surface area (Å²) in [5.74, 6) is 1.20. The van der Waals surface area contributed by atoms with E-state index in [0.717, 1.165) is 34.7 Å². The molecule has 2 rings (SSSR count). The minimum Gasteiger partial charge on any atom is -0.357 e. The second-order valence-corrected chi connectivity index (χ2v) is 8.10. The fourth-order valence-corrected chi connectivity index (χ4v) is 3.31. The van der Waals surface area contributed by atoms with Crippen molar-refractivity contribution >= 4 is 53.3 Å². The highest BCUT2D eigenvalue weighted by Crippen LogP contribution is 2.17. The smallest absolute Gasteiger partial charge is 0.226 e. The zero-order chi connectivity index (χ0) is 21.9. The lowest BCUT2D eigenvalue weighted by atomic mass is 10.1. The number of nitrogens with zero attached hydrogens (tertiary/aromatic N) is 1. The number of halogens is 2. The number of carbonyl (C=O) groups excluding carboxylic acids is 1. The molecule has 5 nitrogen and oxygen atoms in total. The molecule has 1 amide bonds. The van der Waals surface area contributed by atoms with Crippen molar-refractivity contribution in [3.63, 3.8) is 0 Å². The van der Waals surface area contributed by atoms with Crippen LogP contribution >= 0.6 is 35.7 Å². The number of benzene rings is 2. The second kappa shape index (κ2) is 14.3. The molecule has 0 aromatic heterocycles. The molecule has 0 aliphatic heterocycles. The first-order valence-corrected chi connectivity index (χ1v) is 11.5. The quantitative estimate of drug-likeness (QED) is 0.226. The molecule has 0 aliphatic rings. The normalized spacial score (nSPS) is 11.1. The summed E-state index contributed by atoms with van der Waals surface area (Å²) in [6, 6.07) is 12.6. The van der Waals surface area contributed by atoms with Crippen LogP contribution in [-0.4, -0.2) is 24.7 Å². The summed E-state index contributed by atoms with van der Waals surface area (Å²) >= 11 is 1.67. The fourth-order valence-electron chi connectivity index (χ4n) is 2.73. The lowest BCUT2D eigenvalue weighted by molar-refractivity contribution is -0.118. The van der Waals surface area contributed by atoms with Crippen LogP contribution in [0.2, 0.25) is 0 Å². The van der Waals surface area contributed by atoms with Gasteiger partial charge in [-0.1, -0.05) is 32.0 Å². The number of aliphatic imine (C=N–C) groups is 1. The van der Waals surface area contributed by atoms with Crippen LogP contribution in [0.1, 0.15) is 37.5 Å². The molecule has 0 bridgehead atoms. The monoisotopic (exact) mass is 558 g/mol. The fraction of sp³-hybridized carbons (Fsp3) is 0.391. The Morgan fingerprint density at radius 2 is 1.81 bits per heavy atom. The van der Waals surface area contributed by atoms with Gasteiger partial charge < -0.3 is 16.0 Å². The molecule has 8 heteroatoms. The first-order valence-electron chi connectivity index (χ1n) is 10.1. The second-order valence-electron chi connectivity index (χ2n) is 7.24. The number of nitrogens with one attached hydrogen (secondary N) is 3. The molecule has 0 heterocycles. The first-order chi connectivity index (χ1) is 14.4. The maximum atomic E-state index is 13.5. The number of guanidine groups is 1. The van der Waals surface area contributed by atoms with Gasteiger partial charge >= 0.3 is 0 Å². The third-order valence-electron chi connectivity index (χ3n) is 4.42. The van der Waals surface area contributed by atoms with Gasteiger partial charge in [-0.25, -0.2) is 9.38 Å². The van der Waals surface area contributed by atoms with E-state index in [1.807, 2.05) is 57.4 Å². The van der Waals surface area contributed by atoms with Gasteiger partial charge in [-0.15, -0.1) is 24.0 Å². The molecule has 2 aromatic rings. The molecule has 170 valence electrons. The van der Waals surface area contributed by atoms with Gasteiger partial charge in [0.2, 0.25) is 5.91 Å². The molecule has 2 aromatic carbocycles. The number of hydrogen-bond donors (Lipinski definition) is 3. The van der Waals surface area contributed by atoms with Crippen molar-refractivity contribution in [1.82, 2.24) is 10.6 Å². The van der Waals surface area contributed by atoms with Gasteiger partial charge in [0.15, 0.2) is 5.96 Å². The highest BCUT2D eigenvalue weighted by Gasteiger charge is 2.07. The van der Waals surface area contributed by atoms with Crippen LogP contribution in [-0.2, 0) is 23.6 Å². The summed E-state index contributed by atoms with van der Waals surface area (Å²) in [7, 11) is 0. The Balaban J connectivity index is 0.00000480. The van der Waals surface area contributed by atoms with Gasteiger partial charge in [0.05, 0.1) is 6.54 Å². The Morgan fingerprint density at radius 3 is 2.42 bits per heavy atom. The van der Waals surface area contributed by atoms with E-state index in [1.54, 1.807) is 17.8 Å². The number of hydrogen-bond acceptors (Lipinski definition) is 3. The highest BCUT2D eigenvalue weighted by atomic mass is 127. The van der Waals surface area contributed by atoms with Crippen molar-refractivity contribution in [3.05, 3.63) is 65.0 Å². The molecule has 0 saturated carbocycles. The molecule has 0 unspecified atom stereocenters. The maximum Gasteiger partial charge on any atom is 0.226 e. The molecule has 0 radical (unpaired) electrons. The molecule has 0 atom stereocenters. The summed E-state index contributed by atoms with van der Waals surface area (Å²) in [5, 5.41) is 9.45. The summed E-state index contributed by atoms with van der Waals surface area (Å²) in [4.78, 5) is 16.4. The topological polar surface area (TPSA) is 65.5 Å². The van der Waals surface area contributed by atoms with Crippen molar-refractivity contribution in [1.29, 1.82) is 0 Å². The van der Waals surface area contributed by atoms with Crippen LogP contribution in [0.3, 0.4) is 0 Å². The zero-order valence-electron chi connectivity index (χ0n) is 18.5. The van der Waals surface area contributed by atoms with E-state index >= 15 is 0 Å². The molecular weight excluding hydrogens is 526 g/mol. The molecule has 0 saturated heterocycles. The van der Waals surface area contributed by atoms with Gasteiger partial charge in [-0.2, -0.15) is 11.8 Å². The van der Waals surface area contributed by atoms with E-state index in [0.29, 0.717) is 19.0 Å². The van der Waals surface area contributed by atoms with Crippen molar-refractivity contribution in [2.75, 3.05) is 18.1 Å². The first kappa shape index (κ1) is 27.2. The SMILES string of the molecule is CCNC(=NCc1ccc(NC(=O)C(C)C)cc1)NCc1ccc(F)cc1CSC.I. The number of amides is 1. The van der Waals surface area contributed by atoms with E-state index in [9.17, 15) is 9.18 Å². The van der Waals surface area contributed by atoms with E-state index in [2.05, 4.69) is 20.9 Å². The summed E-state index contributed by atoms with van der Waals surface area (Å²) in [6.07, 6.45) is 2.01. The van der Waals surface area contributed by atoms with E-state index in [1.165, 1.54) is 6.07 Å². The van der Waals surface area contributed by atoms with Crippen molar-refractivity contribution in [2.24, 2.45) is 10.9 Å². The largest absolute Gasteiger partial charge is 0.357 e. The Kier molecular flexibility index (Phi) is 12.5. The Hall–Kier alpha value is -1.81. The van der Waals surface area contributed by atoms with Crippen LogP contribution in [0.25, 0.3) is 0 Å². The Bertz CT molecular complexity index is 859. The molecule has 31 heavy (non-hydrogen) atoms.